The summed E-state index contributed by atoms with van der Waals surface area (Å²) < 4.78 is 37.9. The number of carbonyl (C=O) groups is 1. The van der Waals surface area contributed by atoms with E-state index >= 15 is 0 Å². The highest BCUT2D eigenvalue weighted by atomic mass is 19.1. The Labute approximate surface area is 144 Å². The van der Waals surface area contributed by atoms with Crippen molar-refractivity contribution in [3.05, 3.63) is 58.7 Å². The Kier molecular flexibility index (Phi) is 4.88. The molecule has 1 N–H and O–H groups in total. The molecule has 0 fully saturated rings. The zero-order valence-electron chi connectivity index (χ0n) is 14.1. The molecule has 0 aliphatic carbocycles. The fraction of sp³-hybridized carbons (Fsp3) is 0.316. The third-order valence-corrected chi connectivity index (χ3v) is 3.94. The molecule has 4 nitrogen and oxygen atoms in total. The Bertz CT molecular complexity index is 787. The summed E-state index contributed by atoms with van der Waals surface area (Å²) >= 11 is 0. The number of benzene rings is 2. The molecule has 0 spiro atoms. The highest BCUT2D eigenvalue weighted by Crippen LogP contribution is 2.35. The molecular weight excluding hydrogens is 328 g/mol. The lowest BCUT2D eigenvalue weighted by atomic mass is 10.1. The largest absolute Gasteiger partial charge is 0.494 e. The van der Waals surface area contributed by atoms with Crippen LogP contribution in [0.3, 0.4) is 0 Å². The molecule has 6 heteroatoms. The van der Waals surface area contributed by atoms with E-state index in [1.807, 2.05) is 26.0 Å². The predicted molar refractivity (Wildman–Crippen MR) is 88.9 cm³/mol. The minimum absolute atomic E-state index is 0.0681. The number of amides is 1. The van der Waals surface area contributed by atoms with E-state index < -0.39 is 17.5 Å². The van der Waals surface area contributed by atoms with Crippen molar-refractivity contribution in [3.63, 3.8) is 0 Å². The fourth-order valence-corrected chi connectivity index (χ4v) is 2.87. The quantitative estimate of drug-likeness (QED) is 0.899. The standard InChI is InChI=1S/C19H19F2NO3/c1-3-24-17-7-12-4-11(2)25-18(12)8-14(17)10-22-19(23)13-5-15(20)9-16(21)6-13/h5-9,11H,3-4,10H2,1-2H3,(H,22,23). The van der Waals surface area contributed by atoms with Gasteiger partial charge in [0.1, 0.15) is 29.2 Å². The molecule has 0 aromatic heterocycles. The van der Waals surface area contributed by atoms with Gasteiger partial charge in [-0.25, -0.2) is 8.78 Å². The van der Waals surface area contributed by atoms with E-state index in [0.29, 0.717) is 12.4 Å². The number of hydrogen-bond acceptors (Lipinski definition) is 3. The lowest BCUT2D eigenvalue weighted by molar-refractivity contribution is 0.0949. The first-order valence-corrected chi connectivity index (χ1v) is 8.15. The van der Waals surface area contributed by atoms with Crippen LogP contribution in [0.25, 0.3) is 0 Å². The average Bonchev–Trinajstić information content (AvgIpc) is 2.90. The number of ether oxygens (including phenoxy) is 2. The third kappa shape index (κ3) is 3.90. The smallest absolute Gasteiger partial charge is 0.251 e. The summed E-state index contributed by atoms with van der Waals surface area (Å²) in [6, 6.07) is 6.48. The van der Waals surface area contributed by atoms with Gasteiger partial charge in [-0.15, -0.1) is 0 Å². The first-order chi connectivity index (χ1) is 12.0. The monoisotopic (exact) mass is 347 g/mol. The highest BCUT2D eigenvalue weighted by molar-refractivity contribution is 5.94. The second-order valence-electron chi connectivity index (χ2n) is 5.97. The number of halogens is 2. The Morgan fingerprint density at radius 1 is 1.24 bits per heavy atom. The van der Waals surface area contributed by atoms with Gasteiger partial charge in [0.05, 0.1) is 6.61 Å². The highest BCUT2D eigenvalue weighted by Gasteiger charge is 2.22. The summed E-state index contributed by atoms with van der Waals surface area (Å²) in [6.45, 7) is 4.52. The van der Waals surface area contributed by atoms with Crippen LogP contribution >= 0.6 is 0 Å². The molecule has 1 unspecified atom stereocenters. The fourth-order valence-electron chi connectivity index (χ4n) is 2.87. The van der Waals surface area contributed by atoms with Crippen LogP contribution in [0.5, 0.6) is 11.5 Å². The molecule has 2 aromatic rings. The van der Waals surface area contributed by atoms with E-state index in [9.17, 15) is 13.6 Å². The number of carbonyl (C=O) groups excluding carboxylic acids is 1. The van der Waals surface area contributed by atoms with Crippen molar-refractivity contribution in [1.29, 1.82) is 0 Å². The van der Waals surface area contributed by atoms with Crippen LogP contribution in [0.1, 0.15) is 35.3 Å². The molecule has 0 saturated carbocycles. The van der Waals surface area contributed by atoms with Crippen LogP contribution in [0.2, 0.25) is 0 Å². The van der Waals surface area contributed by atoms with Crippen molar-refractivity contribution in [1.82, 2.24) is 5.32 Å². The van der Waals surface area contributed by atoms with E-state index in [2.05, 4.69) is 5.32 Å². The van der Waals surface area contributed by atoms with Gasteiger partial charge in [-0.1, -0.05) is 0 Å². The molecule has 1 aliphatic heterocycles. The van der Waals surface area contributed by atoms with Crippen molar-refractivity contribution in [2.75, 3.05) is 6.61 Å². The van der Waals surface area contributed by atoms with E-state index in [0.717, 1.165) is 41.5 Å². The topological polar surface area (TPSA) is 47.6 Å². The summed E-state index contributed by atoms with van der Waals surface area (Å²) in [4.78, 5) is 12.2. The van der Waals surface area contributed by atoms with Gasteiger partial charge in [0.25, 0.3) is 5.91 Å². The maximum atomic E-state index is 13.2. The molecule has 132 valence electrons. The van der Waals surface area contributed by atoms with E-state index in [1.165, 1.54) is 0 Å². The van der Waals surface area contributed by atoms with Crippen LogP contribution in [0, 0.1) is 11.6 Å². The third-order valence-electron chi connectivity index (χ3n) is 3.94. The molecule has 1 heterocycles. The van der Waals surface area contributed by atoms with Crippen LogP contribution in [-0.4, -0.2) is 18.6 Å². The van der Waals surface area contributed by atoms with Gasteiger partial charge < -0.3 is 14.8 Å². The summed E-state index contributed by atoms with van der Waals surface area (Å²) in [5.41, 5.74) is 1.75. The minimum Gasteiger partial charge on any atom is -0.494 e. The zero-order chi connectivity index (χ0) is 18.0. The van der Waals surface area contributed by atoms with Crippen LogP contribution in [0.15, 0.2) is 30.3 Å². The predicted octanol–water partition coefficient (Wildman–Crippen LogP) is 3.62. The maximum Gasteiger partial charge on any atom is 0.251 e. The normalized spacial score (nSPS) is 15.4. The summed E-state index contributed by atoms with van der Waals surface area (Å²) in [6.07, 6.45) is 0.912. The van der Waals surface area contributed by atoms with Gasteiger partial charge in [-0.05, 0) is 38.1 Å². The molecule has 1 atom stereocenters. The van der Waals surface area contributed by atoms with Crippen LogP contribution < -0.4 is 14.8 Å². The summed E-state index contributed by atoms with van der Waals surface area (Å²) in [5.74, 6) is -0.697. The Hall–Kier alpha value is -2.63. The summed E-state index contributed by atoms with van der Waals surface area (Å²) in [5, 5.41) is 2.66. The number of rotatable bonds is 5. The van der Waals surface area contributed by atoms with Gasteiger partial charge in [-0.2, -0.15) is 0 Å². The Morgan fingerprint density at radius 2 is 1.96 bits per heavy atom. The molecule has 3 rings (SSSR count). The van der Waals surface area contributed by atoms with Gasteiger partial charge in [-0.3, -0.25) is 4.79 Å². The maximum absolute atomic E-state index is 13.2. The van der Waals surface area contributed by atoms with Crippen molar-refractivity contribution >= 4 is 5.91 Å². The Morgan fingerprint density at radius 3 is 2.64 bits per heavy atom. The van der Waals surface area contributed by atoms with Crippen molar-refractivity contribution < 1.29 is 23.0 Å². The minimum atomic E-state index is -0.792. The van der Waals surface area contributed by atoms with E-state index in [4.69, 9.17) is 9.47 Å². The SMILES string of the molecule is CCOc1cc2c(cc1CNC(=O)c1cc(F)cc(F)c1)OC(C)C2. The lowest BCUT2D eigenvalue weighted by Gasteiger charge is -2.13. The first-order valence-electron chi connectivity index (χ1n) is 8.15. The van der Waals surface area contributed by atoms with Gasteiger partial charge in [0, 0.05) is 35.7 Å². The molecule has 0 saturated heterocycles. The van der Waals surface area contributed by atoms with Gasteiger partial charge >= 0.3 is 0 Å². The van der Waals surface area contributed by atoms with Crippen molar-refractivity contribution in [3.8, 4) is 11.5 Å². The molecule has 0 radical (unpaired) electrons. The Balaban J connectivity index is 1.78. The number of hydrogen-bond donors (Lipinski definition) is 1. The average molecular weight is 347 g/mol. The second-order valence-corrected chi connectivity index (χ2v) is 5.97. The molecule has 2 aromatic carbocycles. The van der Waals surface area contributed by atoms with Gasteiger partial charge in [0.15, 0.2) is 0 Å². The molecule has 0 bridgehead atoms. The molecular formula is C19H19F2NO3. The van der Waals surface area contributed by atoms with Crippen LogP contribution in [0.4, 0.5) is 8.78 Å². The van der Waals surface area contributed by atoms with Crippen molar-refractivity contribution in [2.45, 2.75) is 32.9 Å². The van der Waals surface area contributed by atoms with Crippen LogP contribution in [-0.2, 0) is 13.0 Å². The zero-order valence-corrected chi connectivity index (χ0v) is 14.1. The van der Waals surface area contributed by atoms with Crippen molar-refractivity contribution in [2.24, 2.45) is 0 Å². The molecule has 25 heavy (non-hydrogen) atoms. The second kappa shape index (κ2) is 7.09. The number of nitrogens with one attached hydrogen (secondary N) is 1. The molecule has 1 aliphatic rings. The number of fused-ring (bicyclic) bond motifs is 1. The lowest BCUT2D eigenvalue weighted by Crippen LogP contribution is -2.23. The van der Waals surface area contributed by atoms with E-state index in [1.54, 1.807) is 0 Å². The van der Waals surface area contributed by atoms with Gasteiger partial charge in [0.2, 0.25) is 0 Å². The van der Waals surface area contributed by atoms with E-state index in [-0.39, 0.29) is 18.2 Å². The molecule has 1 amide bonds. The first kappa shape index (κ1) is 17.2. The summed E-state index contributed by atoms with van der Waals surface area (Å²) in [7, 11) is 0.